The SMILES string of the molecule is O=C(CCCl)N1CC(CO)C1. The molecule has 1 aliphatic rings. The molecule has 0 aromatic heterocycles. The fourth-order valence-electron chi connectivity index (χ4n) is 1.13. The maximum Gasteiger partial charge on any atom is 0.223 e. The molecule has 0 aromatic carbocycles. The Balaban J connectivity index is 2.16. The van der Waals surface area contributed by atoms with E-state index in [-0.39, 0.29) is 12.5 Å². The highest BCUT2D eigenvalue weighted by molar-refractivity contribution is 6.18. The summed E-state index contributed by atoms with van der Waals surface area (Å²) in [6.07, 6.45) is 0.416. The number of alkyl halides is 1. The Labute approximate surface area is 70.9 Å². The molecule has 64 valence electrons. The number of carbonyl (C=O) groups excluding carboxylic acids is 1. The molecule has 1 N–H and O–H groups in total. The largest absolute Gasteiger partial charge is 0.396 e. The van der Waals surface area contributed by atoms with Crippen LogP contribution in [-0.2, 0) is 4.79 Å². The number of aliphatic hydroxyl groups is 1. The van der Waals surface area contributed by atoms with Crippen molar-refractivity contribution in [3.63, 3.8) is 0 Å². The first kappa shape index (κ1) is 8.81. The molecule has 0 spiro atoms. The molecule has 1 aliphatic heterocycles. The summed E-state index contributed by atoms with van der Waals surface area (Å²) in [6.45, 7) is 1.59. The third kappa shape index (κ3) is 2.07. The molecule has 1 amide bonds. The highest BCUT2D eigenvalue weighted by atomic mass is 35.5. The number of hydrogen-bond donors (Lipinski definition) is 1. The number of halogens is 1. The van der Waals surface area contributed by atoms with Crippen LogP contribution in [0, 0.1) is 5.92 Å². The Bertz CT molecular complexity index is 145. The number of rotatable bonds is 3. The van der Waals surface area contributed by atoms with E-state index in [0.29, 0.717) is 31.3 Å². The minimum atomic E-state index is 0.102. The Hall–Kier alpha value is -0.280. The van der Waals surface area contributed by atoms with Crippen molar-refractivity contribution >= 4 is 17.5 Å². The predicted octanol–water partition coefficient (Wildman–Crippen LogP) is 0.0660. The van der Waals surface area contributed by atoms with Crippen molar-refractivity contribution < 1.29 is 9.90 Å². The number of amides is 1. The van der Waals surface area contributed by atoms with Crippen LogP contribution in [0.5, 0.6) is 0 Å². The molecule has 0 saturated carbocycles. The van der Waals surface area contributed by atoms with Crippen molar-refractivity contribution in [1.29, 1.82) is 0 Å². The van der Waals surface area contributed by atoms with Gasteiger partial charge in [0.05, 0.1) is 0 Å². The lowest BCUT2D eigenvalue weighted by molar-refractivity contribution is -0.137. The normalized spacial score (nSPS) is 18.2. The molecule has 0 aromatic rings. The van der Waals surface area contributed by atoms with Gasteiger partial charge in [-0.2, -0.15) is 0 Å². The summed E-state index contributed by atoms with van der Waals surface area (Å²) in [4.78, 5) is 12.8. The van der Waals surface area contributed by atoms with E-state index in [0.717, 1.165) is 0 Å². The van der Waals surface area contributed by atoms with E-state index in [1.807, 2.05) is 0 Å². The maximum atomic E-state index is 11.0. The standard InChI is InChI=1S/C7H12ClNO2/c8-2-1-7(11)9-3-6(4-9)5-10/h6,10H,1-5H2. The number of hydrogen-bond acceptors (Lipinski definition) is 2. The molecule has 1 fully saturated rings. The van der Waals surface area contributed by atoms with Crippen LogP contribution in [0.25, 0.3) is 0 Å². The molecule has 11 heavy (non-hydrogen) atoms. The highest BCUT2D eigenvalue weighted by Gasteiger charge is 2.28. The topological polar surface area (TPSA) is 40.5 Å². The lowest BCUT2D eigenvalue weighted by Gasteiger charge is -2.38. The van der Waals surface area contributed by atoms with Gasteiger partial charge in [-0.1, -0.05) is 0 Å². The van der Waals surface area contributed by atoms with Crippen LogP contribution in [-0.4, -0.2) is 41.5 Å². The maximum absolute atomic E-state index is 11.0. The van der Waals surface area contributed by atoms with Gasteiger partial charge in [0.25, 0.3) is 0 Å². The van der Waals surface area contributed by atoms with Gasteiger partial charge in [-0.15, -0.1) is 11.6 Å². The molecule has 0 radical (unpaired) electrons. The van der Waals surface area contributed by atoms with Crippen LogP contribution < -0.4 is 0 Å². The van der Waals surface area contributed by atoms with Gasteiger partial charge >= 0.3 is 0 Å². The predicted molar refractivity (Wildman–Crippen MR) is 42.5 cm³/mol. The van der Waals surface area contributed by atoms with Crippen LogP contribution in [0.4, 0.5) is 0 Å². The zero-order valence-electron chi connectivity index (χ0n) is 6.29. The lowest BCUT2D eigenvalue weighted by atomic mass is 10.0. The zero-order chi connectivity index (χ0) is 8.27. The van der Waals surface area contributed by atoms with Crippen molar-refractivity contribution in [3.05, 3.63) is 0 Å². The molecular formula is C7H12ClNO2. The van der Waals surface area contributed by atoms with E-state index >= 15 is 0 Å². The van der Waals surface area contributed by atoms with E-state index in [1.54, 1.807) is 4.90 Å². The number of carbonyl (C=O) groups is 1. The monoisotopic (exact) mass is 177 g/mol. The van der Waals surface area contributed by atoms with E-state index in [9.17, 15) is 4.79 Å². The van der Waals surface area contributed by atoms with Crippen LogP contribution in [0.1, 0.15) is 6.42 Å². The smallest absolute Gasteiger partial charge is 0.223 e. The second-order valence-corrected chi connectivity index (χ2v) is 3.16. The number of nitrogens with zero attached hydrogens (tertiary/aromatic N) is 1. The zero-order valence-corrected chi connectivity index (χ0v) is 7.05. The Morgan fingerprint density at radius 2 is 2.27 bits per heavy atom. The average Bonchev–Trinajstić information content (AvgIpc) is 1.86. The molecule has 0 bridgehead atoms. The van der Waals surface area contributed by atoms with Crippen LogP contribution in [0.3, 0.4) is 0 Å². The van der Waals surface area contributed by atoms with Gasteiger partial charge in [0.15, 0.2) is 0 Å². The van der Waals surface area contributed by atoms with Crippen LogP contribution >= 0.6 is 11.6 Å². The summed E-state index contributed by atoms with van der Waals surface area (Å²) < 4.78 is 0. The summed E-state index contributed by atoms with van der Waals surface area (Å²) >= 11 is 5.39. The minimum absolute atomic E-state index is 0.102. The molecule has 3 nitrogen and oxygen atoms in total. The molecule has 4 heteroatoms. The van der Waals surface area contributed by atoms with E-state index in [2.05, 4.69) is 0 Å². The summed E-state index contributed by atoms with van der Waals surface area (Å²) in [5.74, 6) is 0.790. The lowest BCUT2D eigenvalue weighted by Crippen LogP contribution is -2.51. The fraction of sp³-hybridized carbons (Fsp3) is 0.857. The van der Waals surface area contributed by atoms with E-state index in [4.69, 9.17) is 16.7 Å². The summed E-state index contributed by atoms with van der Waals surface area (Å²) in [5, 5.41) is 8.65. The summed E-state index contributed by atoms with van der Waals surface area (Å²) in [5.41, 5.74) is 0. The van der Waals surface area contributed by atoms with Crippen molar-refractivity contribution in [3.8, 4) is 0 Å². The highest BCUT2D eigenvalue weighted by Crippen LogP contribution is 2.15. The van der Waals surface area contributed by atoms with Crippen LogP contribution in [0.15, 0.2) is 0 Å². The molecule has 1 heterocycles. The van der Waals surface area contributed by atoms with Gasteiger partial charge in [-0.25, -0.2) is 0 Å². The third-order valence-corrected chi connectivity index (χ3v) is 2.07. The Morgan fingerprint density at radius 1 is 1.64 bits per heavy atom. The van der Waals surface area contributed by atoms with Gasteiger partial charge in [-0.3, -0.25) is 4.79 Å². The molecule has 1 rings (SSSR count). The molecule has 0 aliphatic carbocycles. The average molecular weight is 178 g/mol. The van der Waals surface area contributed by atoms with Crippen molar-refractivity contribution in [2.24, 2.45) is 5.92 Å². The number of aliphatic hydroxyl groups excluding tert-OH is 1. The summed E-state index contributed by atoms with van der Waals surface area (Å²) in [6, 6.07) is 0. The van der Waals surface area contributed by atoms with Gasteiger partial charge in [0, 0.05) is 37.9 Å². The van der Waals surface area contributed by atoms with Crippen molar-refractivity contribution in [2.45, 2.75) is 6.42 Å². The first-order valence-electron chi connectivity index (χ1n) is 3.72. The van der Waals surface area contributed by atoms with Gasteiger partial charge in [0.2, 0.25) is 5.91 Å². The van der Waals surface area contributed by atoms with Gasteiger partial charge < -0.3 is 10.0 Å². The Kier molecular flexibility index (Phi) is 3.15. The second-order valence-electron chi connectivity index (χ2n) is 2.79. The molecule has 0 atom stereocenters. The molecular weight excluding hydrogens is 166 g/mol. The minimum Gasteiger partial charge on any atom is -0.396 e. The third-order valence-electron chi connectivity index (χ3n) is 1.88. The molecule has 0 unspecified atom stereocenters. The first-order chi connectivity index (χ1) is 5.27. The quantitative estimate of drug-likeness (QED) is 0.620. The van der Waals surface area contributed by atoms with E-state index in [1.165, 1.54) is 0 Å². The fourth-order valence-corrected chi connectivity index (χ4v) is 1.29. The Morgan fingerprint density at radius 3 is 2.73 bits per heavy atom. The molecule has 1 saturated heterocycles. The first-order valence-corrected chi connectivity index (χ1v) is 4.26. The summed E-state index contributed by atoms with van der Waals surface area (Å²) in [7, 11) is 0. The second kappa shape index (κ2) is 3.93. The van der Waals surface area contributed by atoms with Gasteiger partial charge in [-0.05, 0) is 0 Å². The van der Waals surface area contributed by atoms with E-state index < -0.39 is 0 Å². The number of likely N-dealkylation sites (tertiary alicyclic amines) is 1. The van der Waals surface area contributed by atoms with Gasteiger partial charge in [0.1, 0.15) is 0 Å². The van der Waals surface area contributed by atoms with Crippen LogP contribution in [0.2, 0.25) is 0 Å². The van der Waals surface area contributed by atoms with Crippen molar-refractivity contribution in [1.82, 2.24) is 4.90 Å². The van der Waals surface area contributed by atoms with Crippen molar-refractivity contribution in [2.75, 3.05) is 25.6 Å².